The Morgan fingerprint density at radius 3 is 2.55 bits per heavy atom. The van der Waals surface area contributed by atoms with Gasteiger partial charge >= 0.3 is 0 Å². The van der Waals surface area contributed by atoms with Crippen molar-refractivity contribution in [2.45, 2.75) is 38.8 Å². The number of likely N-dealkylation sites (tertiary alicyclic amines) is 1. The molecule has 1 heterocycles. The molecule has 1 aromatic rings. The molecule has 110 valence electrons. The lowest BCUT2D eigenvalue weighted by Gasteiger charge is -2.38. The summed E-state index contributed by atoms with van der Waals surface area (Å²) in [5.74, 6) is -0.452. The van der Waals surface area contributed by atoms with E-state index in [-0.39, 0.29) is 17.8 Å². The number of piperidine rings is 1. The Bertz CT molecular complexity index is 467. The molecule has 0 unspecified atom stereocenters. The maximum Gasteiger partial charge on any atom is 0.253 e. The van der Waals surface area contributed by atoms with Gasteiger partial charge in [0.15, 0.2) is 0 Å². The van der Waals surface area contributed by atoms with Gasteiger partial charge in [-0.25, -0.2) is 4.39 Å². The first-order valence-corrected chi connectivity index (χ1v) is 7.26. The van der Waals surface area contributed by atoms with Crippen LogP contribution in [-0.2, 0) is 0 Å². The summed E-state index contributed by atoms with van der Waals surface area (Å²) in [7, 11) is 1.82. The molecule has 0 aliphatic carbocycles. The van der Waals surface area contributed by atoms with E-state index in [4.69, 9.17) is 0 Å². The second-order valence-electron chi connectivity index (χ2n) is 5.79. The molecule has 1 fully saturated rings. The number of benzene rings is 1. The second-order valence-corrected chi connectivity index (χ2v) is 5.79. The molecular weight excluding hydrogens is 255 g/mol. The molecule has 20 heavy (non-hydrogen) atoms. The quantitative estimate of drug-likeness (QED) is 0.849. The van der Waals surface area contributed by atoms with Gasteiger partial charge in [0, 0.05) is 37.8 Å². The minimum atomic E-state index is -0.362. The summed E-state index contributed by atoms with van der Waals surface area (Å²) < 4.78 is 13.2. The first-order chi connectivity index (χ1) is 9.49. The first-order valence-electron chi connectivity index (χ1n) is 7.26. The van der Waals surface area contributed by atoms with Crippen LogP contribution in [0.5, 0.6) is 0 Å². The number of carbonyl (C=O) groups excluding carboxylic acids is 1. The molecule has 1 aliphatic heterocycles. The summed E-state index contributed by atoms with van der Waals surface area (Å²) in [5.41, 5.74) is 0.429. The number of nitrogens with zero attached hydrogens (tertiary/aromatic N) is 2. The highest BCUT2D eigenvalue weighted by Gasteiger charge is 2.26. The zero-order valence-corrected chi connectivity index (χ0v) is 12.5. The second kappa shape index (κ2) is 6.35. The third-order valence-electron chi connectivity index (χ3n) is 4.17. The zero-order valence-electron chi connectivity index (χ0n) is 12.5. The number of hydrogen-bond donors (Lipinski definition) is 0. The van der Waals surface area contributed by atoms with Crippen LogP contribution in [0.3, 0.4) is 0 Å². The van der Waals surface area contributed by atoms with Gasteiger partial charge in [-0.05, 0) is 44.9 Å². The SMILES string of the molecule is CC(C)N1CCC(N(C)C(=O)c2cccc(F)c2)CC1. The minimum Gasteiger partial charge on any atom is -0.339 e. The standard InChI is InChI=1S/C16H23FN2O/c1-12(2)19-9-7-15(8-10-19)18(3)16(20)13-5-4-6-14(17)11-13/h4-6,11-12,15H,7-10H2,1-3H3. The van der Waals surface area contributed by atoms with E-state index in [0.29, 0.717) is 11.6 Å². The molecule has 0 radical (unpaired) electrons. The molecule has 1 aromatic carbocycles. The molecule has 3 nitrogen and oxygen atoms in total. The van der Waals surface area contributed by atoms with E-state index in [1.165, 1.54) is 12.1 Å². The van der Waals surface area contributed by atoms with Gasteiger partial charge in [-0.2, -0.15) is 0 Å². The Morgan fingerprint density at radius 1 is 1.35 bits per heavy atom. The van der Waals surface area contributed by atoms with E-state index < -0.39 is 0 Å². The number of amides is 1. The summed E-state index contributed by atoms with van der Waals surface area (Å²) >= 11 is 0. The molecule has 0 spiro atoms. The molecule has 4 heteroatoms. The van der Waals surface area contributed by atoms with Gasteiger partial charge in [-0.1, -0.05) is 6.07 Å². The Kier molecular flexibility index (Phi) is 4.76. The van der Waals surface area contributed by atoms with Crippen LogP contribution in [0.15, 0.2) is 24.3 Å². The highest BCUT2D eigenvalue weighted by molar-refractivity contribution is 5.94. The molecule has 2 rings (SSSR count). The lowest BCUT2D eigenvalue weighted by atomic mass is 10.0. The van der Waals surface area contributed by atoms with E-state index in [1.807, 2.05) is 7.05 Å². The lowest BCUT2D eigenvalue weighted by Crippen LogP contribution is -2.47. The van der Waals surface area contributed by atoms with E-state index in [1.54, 1.807) is 17.0 Å². The van der Waals surface area contributed by atoms with Gasteiger partial charge in [0.1, 0.15) is 5.82 Å². The zero-order chi connectivity index (χ0) is 14.7. The average molecular weight is 278 g/mol. The average Bonchev–Trinajstić information content (AvgIpc) is 2.46. The molecule has 0 saturated carbocycles. The predicted molar refractivity (Wildman–Crippen MR) is 78.2 cm³/mol. The fourth-order valence-corrected chi connectivity index (χ4v) is 2.78. The van der Waals surface area contributed by atoms with E-state index in [2.05, 4.69) is 18.7 Å². The van der Waals surface area contributed by atoms with Crippen LogP contribution in [-0.4, -0.2) is 47.9 Å². The highest BCUT2D eigenvalue weighted by Crippen LogP contribution is 2.19. The molecule has 1 aliphatic rings. The summed E-state index contributed by atoms with van der Waals surface area (Å²) in [5, 5.41) is 0. The van der Waals surface area contributed by atoms with Crippen LogP contribution in [0, 0.1) is 5.82 Å². The van der Waals surface area contributed by atoms with Gasteiger partial charge in [0.25, 0.3) is 5.91 Å². The number of carbonyl (C=O) groups is 1. The Hall–Kier alpha value is -1.42. The van der Waals surface area contributed by atoms with Gasteiger partial charge in [0.05, 0.1) is 0 Å². The third-order valence-corrected chi connectivity index (χ3v) is 4.17. The van der Waals surface area contributed by atoms with Crippen molar-refractivity contribution < 1.29 is 9.18 Å². The molecule has 0 atom stereocenters. The summed E-state index contributed by atoms with van der Waals surface area (Å²) in [4.78, 5) is 16.6. The molecule has 0 bridgehead atoms. The van der Waals surface area contributed by atoms with Crippen molar-refractivity contribution in [1.82, 2.24) is 9.80 Å². The molecule has 1 amide bonds. The predicted octanol–water partition coefficient (Wildman–Crippen LogP) is 2.77. The third kappa shape index (κ3) is 3.37. The van der Waals surface area contributed by atoms with Crippen molar-refractivity contribution in [1.29, 1.82) is 0 Å². The highest BCUT2D eigenvalue weighted by atomic mass is 19.1. The monoisotopic (exact) mass is 278 g/mol. The van der Waals surface area contributed by atoms with Gasteiger partial charge in [-0.3, -0.25) is 4.79 Å². The number of rotatable bonds is 3. The van der Waals surface area contributed by atoms with E-state index >= 15 is 0 Å². The molecular formula is C16H23FN2O. The van der Waals surface area contributed by atoms with Crippen LogP contribution >= 0.6 is 0 Å². The minimum absolute atomic E-state index is 0.0903. The van der Waals surface area contributed by atoms with Crippen molar-refractivity contribution in [3.63, 3.8) is 0 Å². The number of hydrogen-bond acceptors (Lipinski definition) is 2. The normalized spacial score (nSPS) is 17.4. The maximum absolute atomic E-state index is 13.2. The van der Waals surface area contributed by atoms with Crippen LogP contribution < -0.4 is 0 Å². The fraction of sp³-hybridized carbons (Fsp3) is 0.562. The lowest BCUT2D eigenvalue weighted by molar-refractivity contribution is 0.0615. The van der Waals surface area contributed by atoms with Crippen molar-refractivity contribution >= 4 is 5.91 Å². The van der Waals surface area contributed by atoms with Crippen molar-refractivity contribution in [3.05, 3.63) is 35.6 Å². The number of halogens is 1. The Balaban J connectivity index is 1.98. The Morgan fingerprint density at radius 2 is 2.00 bits per heavy atom. The summed E-state index contributed by atoms with van der Waals surface area (Å²) in [6, 6.07) is 6.73. The van der Waals surface area contributed by atoms with Crippen molar-refractivity contribution in [2.75, 3.05) is 20.1 Å². The molecule has 0 aromatic heterocycles. The van der Waals surface area contributed by atoms with E-state index in [0.717, 1.165) is 25.9 Å². The summed E-state index contributed by atoms with van der Waals surface area (Å²) in [6.45, 7) is 6.43. The fourth-order valence-electron chi connectivity index (χ4n) is 2.78. The van der Waals surface area contributed by atoms with Crippen LogP contribution in [0.4, 0.5) is 4.39 Å². The van der Waals surface area contributed by atoms with Crippen LogP contribution in [0.1, 0.15) is 37.0 Å². The smallest absolute Gasteiger partial charge is 0.253 e. The Labute approximate surface area is 120 Å². The van der Waals surface area contributed by atoms with Gasteiger partial charge in [0.2, 0.25) is 0 Å². The molecule has 0 N–H and O–H groups in total. The summed E-state index contributed by atoms with van der Waals surface area (Å²) in [6.07, 6.45) is 1.96. The topological polar surface area (TPSA) is 23.6 Å². The van der Waals surface area contributed by atoms with E-state index in [9.17, 15) is 9.18 Å². The van der Waals surface area contributed by atoms with Gasteiger partial charge in [-0.15, -0.1) is 0 Å². The van der Waals surface area contributed by atoms with Gasteiger partial charge < -0.3 is 9.80 Å². The maximum atomic E-state index is 13.2. The van der Waals surface area contributed by atoms with Crippen molar-refractivity contribution in [3.8, 4) is 0 Å². The largest absolute Gasteiger partial charge is 0.339 e. The van der Waals surface area contributed by atoms with Crippen LogP contribution in [0.25, 0.3) is 0 Å². The first kappa shape index (κ1) is 15.0. The molecule has 1 saturated heterocycles. The van der Waals surface area contributed by atoms with Crippen molar-refractivity contribution in [2.24, 2.45) is 0 Å². The van der Waals surface area contributed by atoms with Crippen LogP contribution in [0.2, 0.25) is 0 Å².